The fourth-order valence-electron chi connectivity index (χ4n) is 2.03. The molecule has 0 aliphatic rings. The summed E-state index contributed by atoms with van der Waals surface area (Å²) in [4.78, 5) is 22.5. The average Bonchev–Trinajstić information content (AvgIpc) is 2.43. The number of benzene rings is 1. The predicted molar refractivity (Wildman–Crippen MR) is 82.5 cm³/mol. The van der Waals surface area contributed by atoms with Crippen LogP contribution in [0.1, 0.15) is 37.8 Å². The van der Waals surface area contributed by atoms with Crippen LogP contribution in [0.5, 0.6) is 5.75 Å². The summed E-state index contributed by atoms with van der Waals surface area (Å²) in [7, 11) is 1.65. The first-order valence-electron chi connectivity index (χ1n) is 7.12. The van der Waals surface area contributed by atoms with Crippen LogP contribution in [0.15, 0.2) is 18.2 Å². The Morgan fingerprint density at radius 1 is 1.19 bits per heavy atom. The Bertz CT molecular complexity index is 498. The van der Waals surface area contributed by atoms with Gasteiger partial charge in [0, 0.05) is 20.0 Å². The van der Waals surface area contributed by atoms with Crippen molar-refractivity contribution in [2.75, 3.05) is 20.2 Å². The third-order valence-corrected chi connectivity index (χ3v) is 3.10. The van der Waals surface area contributed by atoms with Crippen LogP contribution in [0.2, 0.25) is 0 Å². The van der Waals surface area contributed by atoms with Gasteiger partial charge in [-0.3, -0.25) is 9.59 Å². The van der Waals surface area contributed by atoms with Crippen LogP contribution in [0, 0.1) is 0 Å². The molecule has 1 aromatic rings. The number of rotatable bonds is 7. The lowest BCUT2D eigenvalue weighted by atomic mass is 9.98. The minimum absolute atomic E-state index is 0.0553. The average molecular weight is 292 g/mol. The van der Waals surface area contributed by atoms with Gasteiger partial charge in [0.15, 0.2) is 0 Å². The van der Waals surface area contributed by atoms with Crippen molar-refractivity contribution in [2.45, 2.75) is 33.1 Å². The molecule has 0 bridgehead atoms. The molecule has 0 heterocycles. The summed E-state index contributed by atoms with van der Waals surface area (Å²) in [5, 5.41) is 5.41. The van der Waals surface area contributed by atoms with Gasteiger partial charge in [0.1, 0.15) is 5.75 Å². The molecule has 1 rings (SSSR count). The van der Waals surface area contributed by atoms with E-state index in [1.54, 1.807) is 7.11 Å². The van der Waals surface area contributed by atoms with Crippen molar-refractivity contribution >= 4 is 11.8 Å². The molecule has 5 heteroatoms. The molecule has 0 atom stereocenters. The lowest BCUT2D eigenvalue weighted by Crippen LogP contribution is -2.34. The fourth-order valence-corrected chi connectivity index (χ4v) is 2.03. The number of ether oxygens (including phenoxy) is 1. The lowest BCUT2D eigenvalue weighted by Gasteiger charge is -2.13. The molecular weight excluding hydrogens is 268 g/mol. The van der Waals surface area contributed by atoms with Gasteiger partial charge in [0.25, 0.3) is 0 Å². The Morgan fingerprint density at radius 3 is 2.43 bits per heavy atom. The Kier molecular flexibility index (Phi) is 6.72. The van der Waals surface area contributed by atoms with E-state index in [1.165, 1.54) is 6.92 Å². The van der Waals surface area contributed by atoms with E-state index in [9.17, 15) is 9.59 Å². The Labute approximate surface area is 126 Å². The zero-order chi connectivity index (χ0) is 15.8. The van der Waals surface area contributed by atoms with E-state index in [-0.39, 0.29) is 11.8 Å². The predicted octanol–water partition coefficient (Wildman–Crippen LogP) is 1.61. The number of carbonyl (C=O) groups excluding carboxylic acids is 2. The number of hydrogen-bond donors (Lipinski definition) is 2. The van der Waals surface area contributed by atoms with Crippen molar-refractivity contribution in [2.24, 2.45) is 0 Å². The number of nitrogens with one attached hydrogen (secondary N) is 2. The summed E-state index contributed by atoms with van der Waals surface area (Å²) in [6, 6.07) is 5.81. The molecule has 0 fully saturated rings. The summed E-state index contributed by atoms with van der Waals surface area (Å²) in [6.07, 6.45) is 0.323. The van der Waals surface area contributed by atoms with Crippen LogP contribution in [-0.4, -0.2) is 32.0 Å². The Balaban J connectivity index is 2.56. The van der Waals surface area contributed by atoms with E-state index in [0.29, 0.717) is 25.4 Å². The van der Waals surface area contributed by atoms with E-state index < -0.39 is 0 Å². The highest BCUT2D eigenvalue weighted by Gasteiger charge is 2.10. The number of hydrogen-bond acceptors (Lipinski definition) is 3. The van der Waals surface area contributed by atoms with Crippen molar-refractivity contribution in [1.29, 1.82) is 0 Å². The van der Waals surface area contributed by atoms with Gasteiger partial charge < -0.3 is 15.4 Å². The first kappa shape index (κ1) is 17.0. The van der Waals surface area contributed by atoms with Crippen LogP contribution in [0.3, 0.4) is 0 Å². The highest BCUT2D eigenvalue weighted by atomic mass is 16.5. The van der Waals surface area contributed by atoms with E-state index in [2.05, 4.69) is 24.5 Å². The molecule has 0 unspecified atom stereocenters. The second-order valence-corrected chi connectivity index (χ2v) is 5.24. The largest absolute Gasteiger partial charge is 0.496 e. The van der Waals surface area contributed by atoms with Crippen molar-refractivity contribution in [3.05, 3.63) is 29.3 Å². The van der Waals surface area contributed by atoms with Gasteiger partial charge >= 0.3 is 0 Å². The van der Waals surface area contributed by atoms with Crippen LogP contribution >= 0.6 is 0 Å². The Morgan fingerprint density at radius 2 is 1.86 bits per heavy atom. The highest BCUT2D eigenvalue weighted by molar-refractivity contribution is 5.78. The van der Waals surface area contributed by atoms with Crippen LogP contribution < -0.4 is 15.4 Å². The third-order valence-electron chi connectivity index (χ3n) is 3.10. The quantitative estimate of drug-likeness (QED) is 0.750. The first-order chi connectivity index (χ1) is 9.93. The molecule has 0 saturated carbocycles. The maximum atomic E-state index is 11.8. The SMILES string of the molecule is COc1ccc(CC(=O)NCCNC(C)=O)cc1C(C)C. The minimum Gasteiger partial charge on any atom is -0.496 e. The minimum atomic E-state index is -0.0963. The standard InChI is InChI=1S/C16H24N2O3/c1-11(2)14-9-13(5-6-15(14)21-4)10-16(20)18-8-7-17-12(3)19/h5-6,9,11H,7-8,10H2,1-4H3,(H,17,19)(H,18,20). The second kappa shape index (κ2) is 8.29. The van der Waals surface area contributed by atoms with Crippen molar-refractivity contribution in [3.8, 4) is 5.75 Å². The summed E-state index contributed by atoms with van der Waals surface area (Å²) in [6.45, 7) is 6.52. The van der Waals surface area contributed by atoms with Gasteiger partial charge in [0.05, 0.1) is 13.5 Å². The van der Waals surface area contributed by atoms with Gasteiger partial charge in [-0.25, -0.2) is 0 Å². The van der Waals surface area contributed by atoms with Crippen LogP contribution in [0.25, 0.3) is 0 Å². The zero-order valence-electron chi connectivity index (χ0n) is 13.2. The van der Waals surface area contributed by atoms with Gasteiger partial charge in [-0.15, -0.1) is 0 Å². The van der Waals surface area contributed by atoms with Crippen molar-refractivity contribution in [1.82, 2.24) is 10.6 Å². The topological polar surface area (TPSA) is 67.4 Å². The molecule has 116 valence electrons. The maximum absolute atomic E-state index is 11.8. The molecular formula is C16H24N2O3. The maximum Gasteiger partial charge on any atom is 0.224 e. The van der Waals surface area contributed by atoms with Gasteiger partial charge in [0.2, 0.25) is 11.8 Å². The number of methoxy groups -OCH3 is 1. The summed E-state index contributed by atoms with van der Waals surface area (Å²) in [5.74, 6) is 1.03. The second-order valence-electron chi connectivity index (χ2n) is 5.24. The molecule has 0 aromatic heterocycles. The van der Waals surface area contributed by atoms with E-state index in [0.717, 1.165) is 16.9 Å². The molecule has 2 amide bonds. The summed E-state index contributed by atoms with van der Waals surface area (Å²) in [5.41, 5.74) is 2.05. The van der Waals surface area contributed by atoms with Crippen molar-refractivity contribution in [3.63, 3.8) is 0 Å². The monoisotopic (exact) mass is 292 g/mol. The first-order valence-corrected chi connectivity index (χ1v) is 7.12. The fraction of sp³-hybridized carbons (Fsp3) is 0.500. The molecule has 0 saturated heterocycles. The van der Waals surface area contributed by atoms with E-state index in [4.69, 9.17) is 4.74 Å². The van der Waals surface area contributed by atoms with E-state index >= 15 is 0 Å². The molecule has 0 spiro atoms. The summed E-state index contributed by atoms with van der Waals surface area (Å²) < 4.78 is 5.33. The van der Waals surface area contributed by atoms with Gasteiger partial charge in [-0.1, -0.05) is 26.0 Å². The normalized spacial score (nSPS) is 10.3. The molecule has 0 aliphatic carbocycles. The zero-order valence-corrected chi connectivity index (χ0v) is 13.2. The number of carbonyl (C=O) groups is 2. The summed E-state index contributed by atoms with van der Waals surface area (Å²) >= 11 is 0. The molecule has 1 aromatic carbocycles. The lowest BCUT2D eigenvalue weighted by molar-refractivity contribution is -0.121. The van der Waals surface area contributed by atoms with Crippen molar-refractivity contribution < 1.29 is 14.3 Å². The number of amides is 2. The highest BCUT2D eigenvalue weighted by Crippen LogP contribution is 2.27. The third kappa shape index (κ3) is 5.85. The van der Waals surface area contributed by atoms with Crippen LogP contribution in [-0.2, 0) is 16.0 Å². The molecule has 0 aliphatic heterocycles. The Hall–Kier alpha value is -2.04. The molecule has 2 N–H and O–H groups in total. The van der Waals surface area contributed by atoms with Crippen LogP contribution in [0.4, 0.5) is 0 Å². The molecule has 21 heavy (non-hydrogen) atoms. The molecule has 0 radical (unpaired) electrons. The van der Waals surface area contributed by atoms with Gasteiger partial charge in [-0.2, -0.15) is 0 Å². The van der Waals surface area contributed by atoms with Gasteiger partial charge in [-0.05, 0) is 23.1 Å². The molecule has 5 nitrogen and oxygen atoms in total. The van der Waals surface area contributed by atoms with E-state index in [1.807, 2.05) is 18.2 Å². The smallest absolute Gasteiger partial charge is 0.224 e.